The van der Waals surface area contributed by atoms with Gasteiger partial charge in [-0.3, -0.25) is 0 Å². The molecule has 0 spiro atoms. The maximum absolute atomic E-state index is 2.50. The largest absolute Gasteiger partial charge is 0.0620 e. The second-order valence-electron chi connectivity index (χ2n) is 15.7. The summed E-state index contributed by atoms with van der Waals surface area (Å²) in [6, 6.07) is 57.6. The number of hydrogen-bond donors (Lipinski definition) is 0. The van der Waals surface area contributed by atoms with Crippen LogP contribution < -0.4 is 0 Å². The minimum atomic E-state index is 0.329. The minimum absolute atomic E-state index is 0.329. The van der Waals surface area contributed by atoms with Crippen molar-refractivity contribution in [1.82, 2.24) is 0 Å². The second kappa shape index (κ2) is 8.55. The number of allylic oxidation sites excluding steroid dienone is 2. The van der Waals surface area contributed by atoms with E-state index >= 15 is 0 Å². The quantitative estimate of drug-likeness (QED) is 0.150. The van der Waals surface area contributed by atoms with Crippen LogP contribution >= 0.6 is 0 Å². The van der Waals surface area contributed by atoms with Crippen molar-refractivity contribution < 1.29 is 0 Å². The van der Waals surface area contributed by atoms with Gasteiger partial charge in [-0.1, -0.05) is 157 Å². The molecule has 4 atom stereocenters. The smallest absolute Gasteiger partial charge is 0.0311 e. The van der Waals surface area contributed by atoms with Crippen LogP contribution in [0.5, 0.6) is 0 Å². The van der Waals surface area contributed by atoms with Gasteiger partial charge in [0.1, 0.15) is 0 Å². The van der Waals surface area contributed by atoms with Crippen LogP contribution in [0.3, 0.4) is 0 Å². The topological polar surface area (TPSA) is 0 Å². The number of rotatable bonds is 0. The summed E-state index contributed by atoms with van der Waals surface area (Å²) in [5.74, 6) is 4.36. The van der Waals surface area contributed by atoms with E-state index in [1.807, 2.05) is 11.1 Å². The first kappa shape index (κ1) is 25.1. The number of hydrogen-bond acceptors (Lipinski definition) is 0. The molecule has 10 aliphatic carbocycles. The summed E-state index contributed by atoms with van der Waals surface area (Å²) >= 11 is 0. The van der Waals surface area contributed by atoms with Crippen molar-refractivity contribution in [3.8, 4) is 0 Å². The SMILES string of the molecule is c1ccc2c(c1)C1C3=C4C5c6ccccc6C(c6ccccc65)[C@@H]4[C@H]4C5c6ccccc6C(c6ccccc65)[C@H]4[C@H]3C2c2ccccc21. The van der Waals surface area contributed by atoms with Crippen LogP contribution in [0.2, 0.25) is 0 Å². The van der Waals surface area contributed by atoms with Gasteiger partial charge in [-0.2, -0.15) is 0 Å². The molecule has 0 nitrogen and oxygen atoms in total. The van der Waals surface area contributed by atoms with E-state index in [1.54, 1.807) is 66.8 Å². The van der Waals surface area contributed by atoms with E-state index in [-0.39, 0.29) is 0 Å². The zero-order chi connectivity index (χ0) is 30.8. The van der Waals surface area contributed by atoms with E-state index in [4.69, 9.17) is 0 Å². The van der Waals surface area contributed by atoms with Crippen LogP contribution in [0.25, 0.3) is 0 Å². The molecule has 6 aromatic rings. The van der Waals surface area contributed by atoms with Gasteiger partial charge in [0, 0.05) is 35.5 Å². The Labute approximate surface area is 281 Å². The van der Waals surface area contributed by atoms with E-state index < -0.39 is 0 Å². The molecule has 0 N–H and O–H groups in total. The van der Waals surface area contributed by atoms with Crippen LogP contribution in [-0.2, 0) is 0 Å². The zero-order valence-electron chi connectivity index (χ0n) is 26.6. The molecule has 48 heavy (non-hydrogen) atoms. The molecule has 226 valence electrons. The van der Waals surface area contributed by atoms with E-state index in [0.29, 0.717) is 59.2 Å². The average molecular weight is 611 g/mol. The van der Waals surface area contributed by atoms with E-state index in [9.17, 15) is 0 Å². The van der Waals surface area contributed by atoms with Gasteiger partial charge in [0.25, 0.3) is 0 Å². The monoisotopic (exact) mass is 610 g/mol. The summed E-state index contributed by atoms with van der Waals surface area (Å²) in [5, 5.41) is 0. The summed E-state index contributed by atoms with van der Waals surface area (Å²) in [7, 11) is 0. The van der Waals surface area contributed by atoms with Crippen molar-refractivity contribution >= 4 is 0 Å². The van der Waals surface area contributed by atoms with Crippen molar-refractivity contribution in [2.75, 3.05) is 0 Å². The van der Waals surface area contributed by atoms with Crippen molar-refractivity contribution in [3.05, 3.63) is 224 Å². The van der Waals surface area contributed by atoms with Gasteiger partial charge in [-0.25, -0.2) is 0 Å². The fourth-order valence-electron chi connectivity index (χ4n) is 13.3. The zero-order valence-corrected chi connectivity index (χ0v) is 26.6. The molecule has 0 aliphatic heterocycles. The molecule has 0 unspecified atom stereocenters. The maximum Gasteiger partial charge on any atom is 0.0311 e. The first-order valence-electron chi connectivity index (χ1n) is 18.2. The second-order valence-corrected chi connectivity index (χ2v) is 15.7. The molecular formula is C48H34. The van der Waals surface area contributed by atoms with Gasteiger partial charge in [0.15, 0.2) is 0 Å². The van der Waals surface area contributed by atoms with E-state index in [2.05, 4.69) is 146 Å². The Kier molecular flexibility index (Phi) is 4.48. The van der Waals surface area contributed by atoms with Gasteiger partial charge >= 0.3 is 0 Å². The molecule has 0 fully saturated rings. The lowest BCUT2D eigenvalue weighted by Crippen LogP contribution is -2.57. The van der Waals surface area contributed by atoms with Crippen LogP contribution in [0.4, 0.5) is 0 Å². The third kappa shape index (κ3) is 2.67. The third-order valence-corrected chi connectivity index (χ3v) is 14.3. The van der Waals surface area contributed by atoms with Crippen molar-refractivity contribution in [2.45, 2.75) is 35.5 Å². The highest BCUT2D eigenvalue weighted by Gasteiger charge is 2.66. The Morgan fingerprint density at radius 2 is 0.438 bits per heavy atom. The first-order valence-corrected chi connectivity index (χ1v) is 18.2. The molecule has 0 heterocycles. The molecule has 6 bridgehead atoms. The highest BCUT2D eigenvalue weighted by molar-refractivity contribution is 5.72. The fourth-order valence-corrected chi connectivity index (χ4v) is 13.3. The number of benzene rings is 6. The molecule has 6 aromatic carbocycles. The molecule has 10 aliphatic rings. The lowest BCUT2D eigenvalue weighted by atomic mass is 9.36. The van der Waals surface area contributed by atoms with Crippen molar-refractivity contribution in [1.29, 1.82) is 0 Å². The highest BCUT2D eigenvalue weighted by Crippen LogP contribution is 2.77. The molecule has 0 radical (unpaired) electrons. The van der Waals surface area contributed by atoms with Crippen LogP contribution in [-0.4, -0.2) is 0 Å². The van der Waals surface area contributed by atoms with Gasteiger partial charge in [-0.05, 0) is 90.4 Å². The standard InChI is InChI=1S/C48H34/c1-2-14-26-25(13-1)37-27-15-3-4-16-28(27)38(26)44-43(37)45-39-29-17-5-7-19-31(29)41(32-20-8-6-18-30(32)39)47(45)48-42-35-23-11-9-21-33(35)40(46(44)48)34-22-10-12-24-36(34)42/h1-24,37-46H/t37?,38?,39?,40?,41?,42?,43-,44+,45-,46-/m1/s1. The van der Waals surface area contributed by atoms with Gasteiger partial charge < -0.3 is 0 Å². The molecule has 0 saturated heterocycles. The minimum Gasteiger partial charge on any atom is -0.0620 e. The molecule has 0 heteroatoms. The third-order valence-electron chi connectivity index (χ3n) is 14.3. The molecule has 0 amide bonds. The molecule has 0 saturated carbocycles. The lowest BCUT2D eigenvalue weighted by Gasteiger charge is -2.67. The maximum atomic E-state index is 2.50. The summed E-state index contributed by atoms with van der Waals surface area (Å²) in [6.45, 7) is 0. The normalized spacial score (nSPS) is 32.5. The highest BCUT2D eigenvalue weighted by atomic mass is 14.7. The summed E-state index contributed by atoms with van der Waals surface area (Å²) in [6.07, 6.45) is 0. The van der Waals surface area contributed by atoms with Crippen LogP contribution in [0.15, 0.2) is 157 Å². The van der Waals surface area contributed by atoms with E-state index in [0.717, 1.165) is 0 Å². The summed E-state index contributed by atoms with van der Waals surface area (Å²) in [5.41, 5.74) is 22.7. The van der Waals surface area contributed by atoms with Crippen molar-refractivity contribution in [3.63, 3.8) is 0 Å². The van der Waals surface area contributed by atoms with Gasteiger partial charge in [-0.15, -0.1) is 0 Å². The summed E-state index contributed by atoms with van der Waals surface area (Å²) < 4.78 is 0. The van der Waals surface area contributed by atoms with E-state index in [1.165, 1.54) is 0 Å². The Morgan fingerprint density at radius 1 is 0.229 bits per heavy atom. The van der Waals surface area contributed by atoms with Crippen LogP contribution in [0.1, 0.15) is 102 Å². The van der Waals surface area contributed by atoms with Crippen LogP contribution in [0, 0.1) is 23.7 Å². The summed E-state index contributed by atoms with van der Waals surface area (Å²) in [4.78, 5) is 0. The van der Waals surface area contributed by atoms with Crippen molar-refractivity contribution in [2.24, 2.45) is 23.7 Å². The Balaban J connectivity index is 1.22. The Morgan fingerprint density at radius 3 is 0.688 bits per heavy atom. The molecule has 16 rings (SSSR count). The molecular weight excluding hydrogens is 577 g/mol. The average Bonchev–Trinajstić information content (AvgIpc) is 3.17. The first-order chi connectivity index (χ1) is 23.9. The lowest BCUT2D eigenvalue weighted by molar-refractivity contribution is 0.0741. The Bertz CT molecular complexity index is 2130. The predicted octanol–water partition coefficient (Wildman–Crippen LogP) is 10.6. The van der Waals surface area contributed by atoms with Gasteiger partial charge in [0.05, 0.1) is 0 Å². The predicted molar refractivity (Wildman–Crippen MR) is 191 cm³/mol. The molecule has 0 aromatic heterocycles. The van der Waals surface area contributed by atoms with Gasteiger partial charge in [0.2, 0.25) is 0 Å². The fraction of sp³-hybridized carbons (Fsp3) is 0.208. The Hall–Kier alpha value is -4.94.